The molecule has 0 saturated carbocycles. The van der Waals surface area contributed by atoms with Crippen LogP contribution in [-0.2, 0) is 4.79 Å². The van der Waals surface area contributed by atoms with E-state index < -0.39 is 0 Å². The van der Waals surface area contributed by atoms with Gasteiger partial charge in [0.2, 0.25) is 5.91 Å². The van der Waals surface area contributed by atoms with Crippen molar-refractivity contribution < 1.29 is 9.18 Å². The number of benzene rings is 1. The lowest BCUT2D eigenvalue weighted by Gasteiger charge is -2.24. The van der Waals surface area contributed by atoms with Gasteiger partial charge in [-0.25, -0.2) is 4.39 Å². The van der Waals surface area contributed by atoms with Crippen LogP contribution >= 0.6 is 0 Å². The van der Waals surface area contributed by atoms with Gasteiger partial charge in [0, 0.05) is 24.2 Å². The lowest BCUT2D eigenvalue weighted by molar-refractivity contribution is -0.116. The molecular formula is C12H10FN3O. The Labute approximate surface area is 96.9 Å². The molecule has 2 heterocycles. The second-order valence-electron chi connectivity index (χ2n) is 4.07. The zero-order valence-electron chi connectivity index (χ0n) is 8.90. The third-order valence-electron chi connectivity index (χ3n) is 2.97. The SMILES string of the molecule is O=C1CC(c2cn[nH]c2)c2cc(F)ccc2N1. The van der Waals surface area contributed by atoms with Gasteiger partial charge in [-0.3, -0.25) is 9.89 Å². The first-order valence-corrected chi connectivity index (χ1v) is 5.32. The summed E-state index contributed by atoms with van der Waals surface area (Å²) >= 11 is 0. The molecule has 4 nitrogen and oxygen atoms in total. The highest BCUT2D eigenvalue weighted by molar-refractivity contribution is 5.95. The molecule has 2 N–H and O–H groups in total. The van der Waals surface area contributed by atoms with E-state index in [9.17, 15) is 9.18 Å². The van der Waals surface area contributed by atoms with Gasteiger partial charge in [0.15, 0.2) is 0 Å². The number of fused-ring (bicyclic) bond motifs is 1. The van der Waals surface area contributed by atoms with Crippen molar-refractivity contribution in [2.45, 2.75) is 12.3 Å². The lowest BCUT2D eigenvalue weighted by atomic mass is 9.86. The zero-order valence-corrected chi connectivity index (χ0v) is 8.90. The van der Waals surface area contributed by atoms with E-state index in [1.165, 1.54) is 12.1 Å². The molecule has 1 aromatic heterocycles. The highest BCUT2D eigenvalue weighted by Gasteiger charge is 2.27. The van der Waals surface area contributed by atoms with Crippen molar-refractivity contribution in [2.75, 3.05) is 5.32 Å². The first kappa shape index (κ1) is 10.0. The number of rotatable bonds is 1. The van der Waals surface area contributed by atoms with E-state index in [0.29, 0.717) is 12.1 Å². The molecule has 1 aliphatic rings. The summed E-state index contributed by atoms with van der Waals surface area (Å²) in [5.41, 5.74) is 2.37. The first-order valence-electron chi connectivity index (χ1n) is 5.32. The number of aromatic amines is 1. The molecule has 1 atom stereocenters. The number of hydrogen-bond acceptors (Lipinski definition) is 2. The molecule has 1 unspecified atom stereocenters. The number of hydrogen-bond donors (Lipinski definition) is 2. The fourth-order valence-corrected chi connectivity index (χ4v) is 2.18. The van der Waals surface area contributed by atoms with Crippen molar-refractivity contribution in [3.05, 3.63) is 47.5 Å². The minimum atomic E-state index is -0.298. The molecule has 86 valence electrons. The summed E-state index contributed by atoms with van der Waals surface area (Å²) in [5.74, 6) is -0.489. The molecule has 0 radical (unpaired) electrons. The van der Waals surface area contributed by atoms with Crippen molar-refractivity contribution in [3.63, 3.8) is 0 Å². The fraction of sp³-hybridized carbons (Fsp3) is 0.167. The van der Waals surface area contributed by atoms with E-state index >= 15 is 0 Å². The Bertz CT molecular complexity index is 565. The van der Waals surface area contributed by atoms with Gasteiger partial charge in [0.1, 0.15) is 5.82 Å². The Morgan fingerprint density at radius 1 is 1.41 bits per heavy atom. The minimum absolute atomic E-state index is 0.0599. The average molecular weight is 231 g/mol. The standard InChI is InChI=1S/C12H10FN3O/c13-8-1-2-11-10(3-8)9(4-12(17)16-11)7-5-14-15-6-7/h1-3,5-6,9H,4H2,(H,14,15)(H,16,17). The van der Waals surface area contributed by atoms with Gasteiger partial charge in [0.05, 0.1) is 6.20 Å². The normalized spacial score (nSPS) is 18.6. The Balaban J connectivity index is 2.13. The van der Waals surface area contributed by atoms with E-state index in [1.54, 1.807) is 18.5 Å². The third-order valence-corrected chi connectivity index (χ3v) is 2.97. The Kier molecular flexibility index (Phi) is 2.18. The van der Waals surface area contributed by atoms with Gasteiger partial charge in [-0.1, -0.05) is 0 Å². The molecule has 0 fully saturated rings. The molecule has 0 aliphatic carbocycles. The molecule has 3 rings (SSSR count). The van der Waals surface area contributed by atoms with Crippen LogP contribution in [0, 0.1) is 5.82 Å². The molecule has 0 bridgehead atoms. The number of carbonyl (C=O) groups is 1. The van der Waals surface area contributed by atoms with Crippen LogP contribution in [0.25, 0.3) is 0 Å². The Hall–Kier alpha value is -2.17. The van der Waals surface area contributed by atoms with Crippen molar-refractivity contribution in [3.8, 4) is 0 Å². The first-order chi connectivity index (χ1) is 8.24. The van der Waals surface area contributed by atoms with Crippen LogP contribution in [0.5, 0.6) is 0 Å². The smallest absolute Gasteiger partial charge is 0.225 e. The van der Waals surface area contributed by atoms with E-state index in [-0.39, 0.29) is 17.6 Å². The summed E-state index contributed by atoms with van der Waals surface area (Å²) < 4.78 is 13.3. The Morgan fingerprint density at radius 3 is 3.06 bits per heavy atom. The predicted octanol–water partition coefficient (Wildman–Crippen LogP) is 2.02. The van der Waals surface area contributed by atoms with Gasteiger partial charge in [-0.15, -0.1) is 0 Å². The molecule has 1 aliphatic heterocycles. The molecular weight excluding hydrogens is 221 g/mol. The number of nitrogens with zero attached hydrogens (tertiary/aromatic N) is 1. The maximum atomic E-state index is 13.3. The number of halogens is 1. The minimum Gasteiger partial charge on any atom is -0.326 e. The van der Waals surface area contributed by atoms with Gasteiger partial charge >= 0.3 is 0 Å². The number of nitrogens with one attached hydrogen (secondary N) is 2. The zero-order chi connectivity index (χ0) is 11.8. The van der Waals surface area contributed by atoms with Gasteiger partial charge in [-0.2, -0.15) is 5.10 Å². The molecule has 1 amide bonds. The van der Waals surface area contributed by atoms with Crippen LogP contribution in [0.15, 0.2) is 30.6 Å². The predicted molar refractivity (Wildman–Crippen MR) is 60.1 cm³/mol. The molecule has 17 heavy (non-hydrogen) atoms. The van der Waals surface area contributed by atoms with Crippen molar-refractivity contribution in [2.24, 2.45) is 0 Å². The molecule has 0 spiro atoms. The monoisotopic (exact) mass is 231 g/mol. The van der Waals surface area contributed by atoms with E-state index in [2.05, 4.69) is 15.5 Å². The van der Waals surface area contributed by atoms with Crippen molar-refractivity contribution in [1.29, 1.82) is 0 Å². The molecule has 1 aromatic carbocycles. The topological polar surface area (TPSA) is 57.8 Å². The molecule has 2 aromatic rings. The molecule has 5 heteroatoms. The van der Waals surface area contributed by atoms with Gasteiger partial charge in [-0.05, 0) is 29.3 Å². The highest BCUT2D eigenvalue weighted by Crippen LogP contribution is 2.36. The van der Waals surface area contributed by atoms with E-state index in [0.717, 1.165) is 11.1 Å². The quantitative estimate of drug-likeness (QED) is 0.788. The Morgan fingerprint density at radius 2 is 2.29 bits per heavy atom. The molecule has 0 saturated heterocycles. The van der Waals surface area contributed by atoms with Crippen LogP contribution < -0.4 is 5.32 Å². The number of aromatic nitrogens is 2. The van der Waals surface area contributed by atoms with Crippen LogP contribution in [0.1, 0.15) is 23.5 Å². The second kappa shape index (κ2) is 3.69. The average Bonchev–Trinajstić information content (AvgIpc) is 2.82. The number of carbonyl (C=O) groups excluding carboxylic acids is 1. The lowest BCUT2D eigenvalue weighted by Crippen LogP contribution is -2.23. The number of amides is 1. The fourth-order valence-electron chi connectivity index (χ4n) is 2.18. The van der Waals surface area contributed by atoms with Crippen LogP contribution in [0.2, 0.25) is 0 Å². The van der Waals surface area contributed by atoms with E-state index in [4.69, 9.17) is 0 Å². The third kappa shape index (κ3) is 1.69. The summed E-state index contributed by atoms with van der Waals surface area (Å²) in [7, 11) is 0. The summed E-state index contributed by atoms with van der Waals surface area (Å²) in [6.07, 6.45) is 3.71. The van der Waals surface area contributed by atoms with Crippen molar-refractivity contribution >= 4 is 11.6 Å². The van der Waals surface area contributed by atoms with Crippen LogP contribution in [0.3, 0.4) is 0 Å². The highest BCUT2D eigenvalue weighted by atomic mass is 19.1. The van der Waals surface area contributed by atoms with Crippen LogP contribution in [0.4, 0.5) is 10.1 Å². The summed E-state index contributed by atoms with van der Waals surface area (Å²) in [6.45, 7) is 0. The number of H-pyrrole nitrogens is 1. The summed E-state index contributed by atoms with van der Waals surface area (Å²) in [6, 6.07) is 4.40. The van der Waals surface area contributed by atoms with Gasteiger partial charge < -0.3 is 5.32 Å². The largest absolute Gasteiger partial charge is 0.326 e. The summed E-state index contributed by atoms with van der Waals surface area (Å²) in [4.78, 5) is 11.6. The van der Waals surface area contributed by atoms with Crippen LogP contribution in [-0.4, -0.2) is 16.1 Å². The maximum absolute atomic E-state index is 13.3. The van der Waals surface area contributed by atoms with E-state index in [1.807, 2.05) is 0 Å². The number of anilines is 1. The second-order valence-corrected chi connectivity index (χ2v) is 4.07. The summed E-state index contributed by atoms with van der Waals surface area (Å²) in [5, 5.41) is 9.32. The maximum Gasteiger partial charge on any atom is 0.225 e. The van der Waals surface area contributed by atoms with Gasteiger partial charge in [0.25, 0.3) is 0 Å². The van der Waals surface area contributed by atoms with Crippen molar-refractivity contribution in [1.82, 2.24) is 10.2 Å².